The van der Waals surface area contributed by atoms with Gasteiger partial charge in [0, 0.05) is 28.8 Å². The minimum Gasteiger partial charge on any atom is -0.465 e. The van der Waals surface area contributed by atoms with Gasteiger partial charge in [0.05, 0.1) is 18.3 Å². The van der Waals surface area contributed by atoms with Crippen LogP contribution in [-0.2, 0) is 14.3 Å². The van der Waals surface area contributed by atoms with Crippen LogP contribution in [0.3, 0.4) is 0 Å². The molecule has 1 aliphatic heterocycles. The van der Waals surface area contributed by atoms with E-state index in [0.717, 1.165) is 48.3 Å². The first kappa shape index (κ1) is 21.2. The average Bonchev–Trinajstić information content (AvgIpc) is 3.20. The van der Waals surface area contributed by atoms with Crippen LogP contribution in [0.15, 0.2) is 53.2 Å². The lowest BCUT2D eigenvalue weighted by molar-refractivity contribution is -0.136. The standard InChI is InChI=1S/C26H30N2O3/c1-17-15-20(18(2)27(17)21-11-7-5-8-12-21)16-23-24(26(30)31-4)19(3)28(25(23)29)22-13-9-6-10-14-22/h5,7-8,11-12,15-16,22H,6,9-10,13-14H2,1-4H3/b23-16-. The molecule has 0 saturated heterocycles. The molecule has 0 atom stereocenters. The lowest BCUT2D eigenvalue weighted by atomic mass is 9.94. The lowest BCUT2D eigenvalue weighted by Crippen LogP contribution is -2.37. The van der Waals surface area contributed by atoms with Crippen molar-refractivity contribution in [2.24, 2.45) is 0 Å². The van der Waals surface area contributed by atoms with Crippen molar-refractivity contribution in [2.45, 2.75) is 58.9 Å². The summed E-state index contributed by atoms with van der Waals surface area (Å²) in [5.41, 5.74) is 5.65. The van der Waals surface area contributed by atoms with Crippen LogP contribution in [0, 0.1) is 13.8 Å². The molecular weight excluding hydrogens is 388 g/mol. The summed E-state index contributed by atoms with van der Waals surface area (Å²) in [6.45, 7) is 5.96. The van der Waals surface area contributed by atoms with Crippen LogP contribution in [0.25, 0.3) is 11.8 Å². The van der Waals surface area contributed by atoms with Crippen molar-refractivity contribution in [3.8, 4) is 5.69 Å². The molecule has 31 heavy (non-hydrogen) atoms. The highest BCUT2D eigenvalue weighted by atomic mass is 16.5. The summed E-state index contributed by atoms with van der Waals surface area (Å²) in [5, 5.41) is 0. The zero-order chi connectivity index (χ0) is 22.1. The molecule has 4 rings (SSSR count). The molecule has 2 heterocycles. The van der Waals surface area contributed by atoms with Crippen molar-refractivity contribution < 1.29 is 14.3 Å². The van der Waals surface area contributed by atoms with Gasteiger partial charge in [-0.05, 0) is 63.5 Å². The van der Waals surface area contributed by atoms with Crippen LogP contribution in [0.4, 0.5) is 0 Å². The van der Waals surface area contributed by atoms with Crippen LogP contribution < -0.4 is 0 Å². The molecular formula is C26H30N2O3. The Morgan fingerprint density at radius 1 is 1.06 bits per heavy atom. The maximum absolute atomic E-state index is 13.5. The molecule has 1 amide bonds. The van der Waals surface area contributed by atoms with Crippen LogP contribution >= 0.6 is 0 Å². The summed E-state index contributed by atoms with van der Waals surface area (Å²) in [6.07, 6.45) is 7.27. The van der Waals surface area contributed by atoms with E-state index >= 15 is 0 Å². The van der Waals surface area contributed by atoms with Crippen molar-refractivity contribution in [3.05, 3.63) is 70.2 Å². The molecule has 1 fully saturated rings. The Kier molecular flexibility index (Phi) is 5.86. The molecule has 1 aliphatic carbocycles. The van der Waals surface area contributed by atoms with E-state index in [2.05, 4.69) is 29.7 Å². The van der Waals surface area contributed by atoms with Gasteiger partial charge < -0.3 is 14.2 Å². The van der Waals surface area contributed by atoms with E-state index in [1.54, 1.807) is 0 Å². The summed E-state index contributed by atoms with van der Waals surface area (Å²) in [4.78, 5) is 28.0. The number of allylic oxidation sites excluding steroid dienone is 1. The van der Waals surface area contributed by atoms with E-state index in [-0.39, 0.29) is 11.9 Å². The molecule has 5 nitrogen and oxygen atoms in total. The van der Waals surface area contributed by atoms with Crippen molar-refractivity contribution >= 4 is 18.0 Å². The van der Waals surface area contributed by atoms with E-state index in [9.17, 15) is 9.59 Å². The number of nitrogens with zero attached hydrogens (tertiary/aromatic N) is 2. The molecule has 0 bridgehead atoms. The Morgan fingerprint density at radius 2 is 1.74 bits per heavy atom. The van der Waals surface area contributed by atoms with Crippen LogP contribution in [0.1, 0.15) is 56.0 Å². The highest BCUT2D eigenvalue weighted by molar-refractivity contribution is 6.16. The molecule has 0 spiro atoms. The van der Waals surface area contributed by atoms with Crippen molar-refractivity contribution in [1.29, 1.82) is 0 Å². The Morgan fingerprint density at radius 3 is 2.39 bits per heavy atom. The molecule has 1 aromatic heterocycles. The van der Waals surface area contributed by atoms with E-state index in [0.29, 0.717) is 16.8 Å². The van der Waals surface area contributed by atoms with Gasteiger partial charge in [-0.15, -0.1) is 0 Å². The average molecular weight is 419 g/mol. The fraction of sp³-hybridized carbons (Fsp3) is 0.385. The molecule has 0 N–H and O–H groups in total. The number of esters is 1. The van der Waals surface area contributed by atoms with Crippen LogP contribution in [0.2, 0.25) is 0 Å². The number of amides is 1. The third kappa shape index (κ3) is 3.73. The minimum atomic E-state index is -0.452. The third-order valence-corrected chi connectivity index (χ3v) is 6.56. The minimum absolute atomic E-state index is 0.0886. The Balaban J connectivity index is 1.79. The molecule has 5 heteroatoms. The number of aryl methyl sites for hydroxylation is 1. The van der Waals surface area contributed by atoms with Crippen LogP contribution in [0.5, 0.6) is 0 Å². The second-order valence-electron chi connectivity index (χ2n) is 8.47. The summed E-state index contributed by atoms with van der Waals surface area (Å²) in [7, 11) is 1.37. The first-order valence-electron chi connectivity index (χ1n) is 11.0. The monoisotopic (exact) mass is 418 g/mol. The molecule has 0 radical (unpaired) electrons. The number of ether oxygens (including phenoxy) is 1. The Labute approximate surface area is 184 Å². The molecule has 162 valence electrons. The number of carbonyl (C=O) groups excluding carboxylic acids is 2. The summed E-state index contributed by atoms with van der Waals surface area (Å²) < 4.78 is 7.23. The number of hydrogen-bond acceptors (Lipinski definition) is 3. The summed E-state index contributed by atoms with van der Waals surface area (Å²) in [5.74, 6) is -0.540. The number of carbonyl (C=O) groups is 2. The predicted octanol–water partition coefficient (Wildman–Crippen LogP) is 5.10. The lowest BCUT2D eigenvalue weighted by Gasteiger charge is -2.32. The normalized spacial score (nSPS) is 18.9. The van der Waals surface area contributed by atoms with Gasteiger partial charge in [-0.1, -0.05) is 37.5 Å². The van der Waals surface area contributed by atoms with Crippen molar-refractivity contribution in [3.63, 3.8) is 0 Å². The fourth-order valence-electron chi connectivity index (χ4n) is 5.04. The zero-order valence-corrected chi connectivity index (χ0v) is 18.8. The van der Waals surface area contributed by atoms with Crippen molar-refractivity contribution in [1.82, 2.24) is 9.47 Å². The fourth-order valence-corrected chi connectivity index (χ4v) is 5.04. The van der Waals surface area contributed by atoms with Gasteiger partial charge in [0.25, 0.3) is 5.91 Å². The molecule has 1 saturated carbocycles. The number of benzene rings is 1. The van der Waals surface area contributed by atoms with Gasteiger partial charge in [-0.2, -0.15) is 0 Å². The van der Waals surface area contributed by atoms with Gasteiger partial charge in [0.1, 0.15) is 0 Å². The zero-order valence-electron chi connectivity index (χ0n) is 18.8. The SMILES string of the molecule is COC(=O)C1=C(C)N(C2CCCCC2)C(=O)/C1=C\c1cc(C)n(-c2ccccc2)c1C. The van der Waals surface area contributed by atoms with Gasteiger partial charge in [0.2, 0.25) is 0 Å². The van der Waals surface area contributed by atoms with Crippen LogP contribution in [-0.4, -0.2) is 34.5 Å². The second-order valence-corrected chi connectivity index (χ2v) is 8.47. The molecule has 1 aromatic carbocycles. The number of methoxy groups -OCH3 is 1. The van der Waals surface area contributed by atoms with Gasteiger partial charge in [-0.3, -0.25) is 4.79 Å². The summed E-state index contributed by atoms with van der Waals surface area (Å²) >= 11 is 0. The quantitative estimate of drug-likeness (QED) is 0.513. The summed E-state index contributed by atoms with van der Waals surface area (Å²) in [6, 6.07) is 12.4. The maximum Gasteiger partial charge on any atom is 0.340 e. The highest BCUT2D eigenvalue weighted by Crippen LogP contribution is 2.37. The van der Waals surface area contributed by atoms with E-state index in [4.69, 9.17) is 4.74 Å². The van der Waals surface area contributed by atoms with E-state index in [1.807, 2.05) is 43.0 Å². The number of para-hydroxylation sites is 1. The van der Waals surface area contributed by atoms with E-state index in [1.165, 1.54) is 13.5 Å². The molecule has 0 unspecified atom stereocenters. The maximum atomic E-state index is 13.5. The predicted molar refractivity (Wildman–Crippen MR) is 122 cm³/mol. The number of aromatic nitrogens is 1. The van der Waals surface area contributed by atoms with E-state index < -0.39 is 5.97 Å². The van der Waals surface area contributed by atoms with Crippen molar-refractivity contribution in [2.75, 3.05) is 7.11 Å². The second kappa shape index (κ2) is 8.58. The number of rotatable bonds is 4. The van der Waals surface area contributed by atoms with Gasteiger partial charge in [0.15, 0.2) is 0 Å². The first-order chi connectivity index (χ1) is 14.9. The Bertz CT molecular complexity index is 1070. The highest BCUT2D eigenvalue weighted by Gasteiger charge is 2.40. The third-order valence-electron chi connectivity index (χ3n) is 6.56. The Hall–Kier alpha value is -3.08. The topological polar surface area (TPSA) is 51.5 Å². The smallest absolute Gasteiger partial charge is 0.340 e. The van der Waals surface area contributed by atoms with Gasteiger partial charge in [-0.25, -0.2) is 4.79 Å². The number of hydrogen-bond donors (Lipinski definition) is 0. The molecule has 2 aliphatic rings. The first-order valence-corrected chi connectivity index (χ1v) is 11.0. The van der Waals surface area contributed by atoms with Gasteiger partial charge >= 0.3 is 5.97 Å². The molecule has 2 aromatic rings. The largest absolute Gasteiger partial charge is 0.465 e.